The van der Waals surface area contributed by atoms with Crippen LogP contribution in [0.3, 0.4) is 0 Å². The summed E-state index contributed by atoms with van der Waals surface area (Å²) >= 11 is 2.60. The first kappa shape index (κ1) is 14.6. The third-order valence-corrected chi connectivity index (χ3v) is 4.83. The van der Waals surface area contributed by atoms with Gasteiger partial charge in [-0.3, -0.25) is 9.59 Å². The molecule has 0 aliphatic rings. The van der Waals surface area contributed by atoms with Gasteiger partial charge in [-0.05, 0) is 13.3 Å². The highest BCUT2D eigenvalue weighted by molar-refractivity contribution is 8.18. The van der Waals surface area contributed by atoms with Crippen LogP contribution in [-0.4, -0.2) is 37.7 Å². The van der Waals surface area contributed by atoms with Crippen LogP contribution in [0.4, 0.5) is 0 Å². The summed E-state index contributed by atoms with van der Waals surface area (Å²) in [6.07, 6.45) is 1.72. The Labute approximate surface area is 97.8 Å². The summed E-state index contributed by atoms with van der Waals surface area (Å²) in [6.45, 7) is 3.90. The number of aliphatic carboxylic acids is 2. The third-order valence-electron chi connectivity index (χ3n) is 1.71. The second-order valence-electron chi connectivity index (χ2n) is 3.25. The highest BCUT2D eigenvalue weighted by Crippen LogP contribution is 2.40. The molecular weight excluding hydrogens is 236 g/mol. The molecule has 0 heterocycles. The molecule has 0 aromatic heterocycles. The number of carbonyl (C=O) groups is 2. The van der Waals surface area contributed by atoms with Crippen molar-refractivity contribution < 1.29 is 19.8 Å². The second kappa shape index (κ2) is 7.00. The zero-order chi connectivity index (χ0) is 11.9. The lowest BCUT2D eigenvalue weighted by Crippen LogP contribution is -2.20. The van der Waals surface area contributed by atoms with Crippen LogP contribution in [0.2, 0.25) is 0 Å². The quantitative estimate of drug-likeness (QED) is 0.645. The van der Waals surface area contributed by atoms with Crippen LogP contribution in [0.5, 0.6) is 0 Å². The van der Waals surface area contributed by atoms with Crippen molar-refractivity contribution in [1.82, 2.24) is 0 Å². The zero-order valence-electron chi connectivity index (χ0n) is 8.86. The third kappa shape index (κ3) is 7.56. The molecule has 0 saturated heterocycles. The van der Waals surface area contributed by atoms with Gasteiger partial charge in [0, 0.05) is 0 Å². The molecule has 2 N–H and O–H groups in total. The molecule has 0 fully saturated rings. The van der Waals surface area contributed by atoms with Gasteiger partial charge >= 0.3 is 11.9 Å². The van der Waals surface area contributed by atoms with E-state index in [1.54, 1.807) is 0 Å². The van der Waals surface area contributed by atoms with E-state index in [2.05, 4.69) is 0 Å². The lowest BCUT2D eigenvalue weighted by atomic mass is 10.3. The number of hydrogen-bond acceptors (Lipinski definition) is 4. The van der Waals surface area contributed by atoms with E-state index in [4.69, 9.17) is 10.2 Å². The van der Waals surface area contributed by atoms with Crippen LogP contribution in [0.1, 0.15) is 26.7 Å². The van der Waals surface area contributed by atoms with Gasteiger partial charge in [-0.1, -0.05) is 13.3 Å². The summed E-state index contributed by atoms with van der Waals surface area (Å²) in [5.41, 5.74) is 0. The van der Waals surface area contributed by atoms with Gasteiger partial charge in [-0.15, -0.1) is 23.5 Å². The van der Waals surface area contributed by atoms with Crippen molar-refractivity contribution in [3.63, 3.8) is 0 Å². The maximum atomic E-state index is 10.4. The molecule has 4 nitrogen and oxygen atoms in total. The van der Waals surface area contributed by atoms with Crippen molar-refractivity contribution in [3.05, 3.63) is 0 Å². The van der Waals surface area contributed by atoms with Crippen LogP contribution < -0.4 is 0 Å². The molecule has 6 heteroatoms. The number of carboxylic acid groups (broad SMARTS) is 2. The highest BCUT2D eigenvalue weighted by atomic mass is 32.2. The van der Waals surface area contributed by atoms with E-state index in [0.29, 0.717) is 0 Å². The largest absolute Gasteiger partial charge is 0.481 e. The Morgan fingerprint density at radius 1 is 1.13 bits per heavy atom. The normalized spacial score (nSPS) is 11.3. The van der Waals surface area contributed by atoms with Crippen molar-refractivity contribution in [1.29, 1.82) is 0 Å². The molecule has 0 aliphatic carbocycles. The lowest BCUT2D eigenvalue weighted by Gasteiger charge is -2.26. The first-order valence-corrected chi connectivity index (χ1v) is 6.58. The van der Waals surface area contributed by atoms with Crippen molar-refractivity contribution >= 4 is 35.5 Å². The maximum absolute atomic E-state index is 10.4. The Balaban J connectivity index is 4.17. The Kier molecular flexibility index (Phi) is 6.84. The minimum Gasteiger partial charge on any atom is -0.481 e. The van der Waals surface area contributed by atoms with Gasteiger partial charge < -0.3 is 10.2 Å². The molecule has 0 spiro atoms. The van der Waals surface area contributed by atoms with Gasteiger partial charge in [0.15, 0.2) is 0 Å². The predicted molar refractivity (Wildman–Crippen MR) is 63.5 cm³/mol. The predicted octanol–water partition coefficient (Wildman–Crippen LogP) is 2.14. The van der Waals surface area contributed by atoms with Crippen molar-refractivity contribution in [2.45, 2.75) is 30.8 Å². The molecule has 0 bridgehead atoms. The molecule has 0 atom stereocenters. The molecule has 15 heavy (non-hydrogen) atoms. The van der Waals surface area contributed by atoms with Gasteiger partial charge in [-0.25, -0.2) is 0 Å². The van der Waals surface area contributed by atoms with Crippen LogP contribution in [0.25, 0.3) is 0 Å². The van der Waals surface area contributed by atoms with E-state index in [-0.39, 0.29) is 15.6 Å². The average molecular weight is 252 g/mol. The number of thioether (sulfide) groups is 2. The summed E-state index contributed by atoms with van der Waals surface area (Å²) in [4.78, 5) is 20.9. The van der Waals surface area contributed by atoms with E-state index >= 15 is 0 Å². The molecule has 0 rings (SSSR count). The van der Waals surface area contributed by atoms with Gasteiger partial charge in [0.1, 0.15) is 0 Å². The standard InChI is InChI=1S/C9H16O4S2/c1-3-4-9(2,14-5-7(10)11)15-6-8(12)13/h3-6H2,1-2H3,(H,10,11)(H,12,13). The smallest absolute Gasteiger partial charge is 0.313 e. The highest BCUT2D eigenvalue weighted by Gasteiger charge is 2.26. The number of carboxylic acids is 2. The summed E-state index contributed by atoms with van der Waals surface area (Å²) < 4.78 is -0.314. The second-order valence-corrected chi connectivity index (χ2v) is 6.46. The van der Waals surface area contributed by atoms with E-state index < -0.39 is 11.9 Å². The zero-order valence-corrected chi connectivity index (χ0v) is 10.5. The van der Waals surface area contributed by atoms with E-state index in [9.17, 15) is 9.59 Å². The molecule has 0 unspecified atom stereocenters. The first-order valence-electron chi connectivity index (χ1n) is 4.61. The molecule has 0 radical (unpaired) electrons. The van der Waals surface area contributed by atoms with Gasteiger partial charge in [-0.2, -0.15) is 0 Å². The van der Waals surface area contributed by atoms with Gasteiger partial charge in [0.25, 0.3) is 0 Å². The average Bonchev–Trinajstić information content (AvgIpc) is 2.13. The minimum absolute atomic E-state index is 0.0170. The van der Waals surface area contributed by atoms with Crippen LogP contribution in [0, 0.1) is 0 Å². The maximum Gasteiger partial charge on any atom is 0.313 e. The van der Waals surface area contributed by atoms with Crippen LogP contribution in [-0.2, 0) is 9.59 Å². The number of hydrogen-bond donors (Lipinski definition) is 2. The van der Waals surface area contributed by atoms with E-state index in [1.165, 1.54) is 23.5 Å². The number of rotatable bonds is 8. The summed E-state index contributed by atoms with van der Waals surface area (Å²) in [6, 6.07) is 0. The Hall–Kier alpha value is -0.360. The van der Waals surface area contributed by atoms with Gasteiger partial charge in [0.2, 0.25) is 0 Å². The summed E-state index contributed by atoms with van der Waals surface area (Å²) in [5.74, 6) is -1.69. The molecule has 0 aromatic carbocycles. The summed E-state index contributed by atoms with van der Waals surface area (Å²) in [7, 11) is 0. The van der Waals surface area contributed by atoms with Crippen LogP contribution in [0.15, 0.2) is 0 Å². The molecular formula is C9H16O4S2. The minimum atomic E-state index is -0.863. The Bertz CT molecular complexity index is 212. The van der Waals surface area contributed by atoms with Crippen molar-refractivity contribution in [2.75, 3.05) is 11.5 Å². The fourth-order valence-corrected chi connectivity index (χ4v) is 3.31. The van der Waals surface area contributed by atoms with Crippen molar-refractivity contribution in [3.8, 4) is 0 Å². The molecule has 0 aromatic rings. The van der Waals surface area contributed by atoms with Crippen LogP contribution >= 0.6 is 23.5 Å². The summed E-state index contributed by atoms with van der Waals surface area (Å²) in [5, 5.41) is 17.2. The van der Waals surface area contributed by atoms with E-state index in [1.807, 2.05) is 13.8 Å². The molecule has 0 amide bonds. The monoisotopic (exact) mass is 252 g/mol. The topological polar surface area (TPSA) is 74.6 Å². The Morgan fingerprint density at radius 2 is 1.53 bits per heavy atom. The fraction of sp³-hybridized carbons (Fsp3) is 0.778. The van der Waals surface area contributed by atoms with Gasteiger partial charge in [0.05, 0.1) is 15.6 Å². The van der Waals surface area contributed by atoms with E-state index in [0.717, 1.165) is 12.8 Å². The molecule has 0 saturated carbocycles. The SMILES string of the molecule is CCCC(C)(SCC(=O)O)SCC(=O)O. The van der Waals surface area contributed by atoms with Crippen molar-refractivity contribution in [2.24, 2.45) is 0 Å². The Morgan fingerprint density at radius 3 is 1.80 bits per heavy atom. The molecule has 88 valence electrons. The first-order chi connectivity index (χ1) is 6.89. The fourth-order valence-electron chi connectivity index (χ4n) is 1.07. The molecule has 0 aliphatic heterocycles. The lowest BCUT2D eigenvalue weighted by molar-refractivity contribution is -0.134.